The molecule has 1 saturated heterocycles. The molecule has 1 aliphatic heterocycles. The molecule has 0 aromatic heterocycles. The highest BCUT2D eigenvalue weighted by molar-refractivity contribution is 5.91. The highest BCUT2D eigenvalue weighted by Crippen LogP contribution is 2.33. The van der Waals surface area contributed by atoms with Gasteiger partial charge in [-0.25, -0.2) is 4.79 Å². The first-order chi connectivity index (χ1) is 10.3. The van der Waals surface area contributed by atoms with E-state index >= 15 is 0 Å². The first-order valence-electron chi connectivity index (χ1n) is 7.08. The van der Waals surface area contributed by atoms with Gasteiger partial charge in [-0.2, -0.15) is 0 Å². The molecule has 3 atom stereocenters. The van der Waals surface area contributed by atoms with Gasteiger partial charge < -0.3 is 20.6 Å². The summed E-state index contributed by atoms with van der Waals surface area (Å²) in [5.74, 6) is -4.44. The third-order valence-electron chi connectivity index (χ3n) is 3.91. The van der Waals surface area contributed by atoms with Gasteiger partial charge in [0.05, 0.1) is 12.0 Å². The van der Waals surface area contributed by atoms with E-state index in [4.69, 9.17) is 5.11 Å². The van der Waals surface area contributed by atoms with Crippen molar-refractivity contribution in [3.05, 3.63) is 23.3 Å². The molecule has 1 aliphatic rings. The molecular weight excluding hydrogens is 290 g/mol. The van der Waals surface area contributed by atoms with Crippen molar-refractivity contribution in [2.45, 2.75) is 32.7 Å². The Morgan fingerprint density at radius 2 is 1.86 bits per heavy atom. The quantitative estimate of drug-likeness (QED) is 0.410. The summed E-state index contributed by atoms with van der Waals surface area (Å²) >= 11 is 0. The fourth-order valence-electron chi connectivity index (χ4n) is 2.80. The van der Waals surface area contributed by atoms with E-state index in [9.17, 15) is 24.6 Å². The van der Waals surface area contributed by atoms with Gasteiger partial charge in [-0.3, -0.25) is 9.59 Å². The maximum absolute atomic E-state index is 11.4. The lowest BCUT2D eigenvalue weighted by molar-refractivity contribution is -0.142. The molecule has 7 nitrogen and oxygen atoms in total. The third kappa shape index (κ3) is 4.17. The second kappa shape index (κ2) is 7.74. The van der Waals surface area contributed by atoms with Crippen LogP contribution in [0.25, 0.3) is 0 Å². The van der Waals surface area contributed by atoms with Gasteiger partial charge in [-0.15, -0.1) is 0 Å². The molecule has 22 heavy (non-hydrogen) atoms. The fraction of sp³-hybridized carbons (Fsp3) is 0.533. The number of hydrogen-bond donors (Lipinski definition) is 4. The Morgan fingerprint density at radius 1 is 1.23 bits per heavy atom. The molecule has 0 unspecified atom stereocenters. The van der Waals surface area contributed by atoms with Crippen LogP contribution in [-0.4, -0.2) is 45.8 Å². The first-order valence-corrected chi connectivity index (χ1v) is 7.08. The van der Waals surface area contributed by atoms with Crippen LogP contribution in [0, 0.1) is 11.8 Å². The van der Waals surface area contributed by atoms with Crippen molar-refractivity contribution >= 4 is 17.9 Å². The molecule has 0 spiro atoms. The van der Waals surface area contributed by atoms with Crippen LogP contribution in [0.5, 0.6) is 0 Å². The Bertz CT molecular complexity index is 522. The minimum absolute atomic E-state index is 0.0927. The second-order valence-corrected chi connectivity index (χ2v) is 5.30. The summed E-state index contributed by atoms with van der Waals surface area (Å²) in [5.41, 5.74) is 0.592. The molecule has 0 aromatic rings. The second-order valence-electron chi connectivity index (χ2n) is 5.30. The largest absolute Gasteiger partial charge is 0.481 e. The molecule has 7 heteroatoms. The van der Waals surface area contributed by atoms with Crippen molar-refractivity contribution in [3.8, 4) is 0 Å². The van der Waals surface area contributed by atoms with E-state index in [1.165, 1.54) is 6.08 Å². The van der Waals surface area contributed by atoms with Crippen molar-refractivity contribution < 1.29 is 29.7 Å². The number of aliphatic carboxylic acids is 3. The first kappa shape index (κ1) is 17.9. The lowest BCUT2D eigenvalue weighted by Crippen LogP contribution is -2.37. The zero-order chi connectivity index (χ0) is 16.9. The van der Waals surface area contributed by atoms with Crippen LogP contribution in [-0.2, 0) is 14.4 Å². The van der Waals surface area contributed by atoms with Crippen molar-refractivity contribution in [1.82, 2.24) is 5.32 Å². The van der Waals surface area contributed by atoms with Crippen LogP contribution < -0.4 is 5.32 Å². The van der Waals surface area contributed by atoms with Crippen LogP contribution >= 0.6 is 0 Å². The highest BCUT2D eigenvalue weighted by Gasteiger charge is 2.42. The maximum Gasteiger partial charge on any atom is 0.335 e. The molecule has 122 valence electrons. The van der Waals surface area contributed by atoms with Gasteiger partial charge in [0, 0.05) is 12.5 Å². The van der Waals surface area contributed by atoms with Crippen LogP contribution in [0.4, 0.5) is 0 Å². The molecule has 1 heterocycles. The summed E-state index contributed by atoms with van der Waals surface area (Å²) in [6, 6.07) is -0.985. The maximum atomic E-state index is 11.4. The third-order valence-corrected chi connectivity index (χ3v) is 3.91. The molecule has 1 fully saturated rings. The van der Waals surface area contributed by atoms with Crippen molar-refractivity contribution in [1.29, 1.82) is 0 Å². The summed E-state index contributed by atoms with van der Waals surface area (Å²) < 4.78 is 0. The molecule has 0 saturated carbocycles. The molecule has 0 bridgehead atoms. The number of nitrogens with one attached hydrogen (secondary N) is 1. The number of carboxylic acid groups (broad SMARTS) is 3. The summed E-state index contributed by atoms with van der Waals surface area (Å²) in [6.07, 6.45) is 3.54. The van der Waals surface area contributed by atoms with Gasteiger partial charge in [0.2, 0.25) is 0 Å². The minimum Gasteiger partial charge on any atom is -0.481 e. The Hall–Kier alpha value is -2.15. The van der Waals surface area contributed by atoms with Crippen molar-refractivity contribution in [2.75, 3.05) is 6.54 Å². The van der Waals surface area contributed by atoms with Crippen LogP contribution in [0.2, 0.25) is 0 Å². The monoisotopic (exact) mass is 311 g/mol. The van der Waals surface area contributed by atoms with E-state index in [2.05, 4.69) is 5.32 Å². The zero-order valence-electron chi connectivity index (χ0n) is 12.6. The Balaban J connectivity index is 3.19. The van der Waals surface area contributed by atoms with Gasteiger partial charge in [0.25, 0.3) is 0 Å². The molecular formula is C15H21NO6. The van der Waals surface area contributed by atoms with E-state index in [1.54, 1.807) is 13.0 Å². The van der Waals surface area contributed by atoms with Crippen LogP contribution in [0.1, 0.15) is 26.7 Å². The van der Waals surface area contributed by atoms with Crippen LogP contribution in [0.15, 0.2) is 23.3 Å². The van der Waals surface area contributed by atoms with E-state index in [1.807, 2.05) is 6.92 Å². The van der Waals surface area contributed by atoms with E-state index < -0.39 is 35.8 Å². The Labute approximate surface area is 128 Å². The van der Waals surface area contributed by atoms with E-state index in [0.717, 1.165) is 0 Å². The summed E-state index contributed by atoms with van der Waals surface area (Å²) in [4.78, 5) is 33.6. The van der Waals surface area contributed by atoms with Crippen LogP contribution in [0.3, 0.4) is 0 Å². The smallest absolute Gasteiger partial charge is 0.335 e. The average molecular weight is 311 g/mol. The Kier molecular flexibility index (Phi) is 6.30. The average Bonchev–Trinajstić information content (AvgIpc) is 2.81. The van der Waals surface area contributed by atoms with E-state index in [-0.39, 0.29) is 18.5 Å². The minimum atomic E-state index is -1.12. The van der Waals surface area contributed by atoms with Gasteiger partial charge in [-0.05, 0) is 19.3 Å². The fourth-order valence-corrected chi connectivity index (χ4v) is 2.80. The van der Waals surface area contributed by atoms with Gasteiger partial charge >= 0.3 is 17.9 Å². The molecule has 1 rings (SSSR count). The zero-order valence-corrected chi connectivity index (χ0v) is 12.6. The predicted molar refractivity (Wildman–Crippen MR) is 78.4 cm³/mol. The van der Waals surface area contributed by atoms with Gasteiger partial charge in [-0.1, -0.05) is 24.6 Å². The number of hydrogen-bond acceptors (Lipinski definition) is 4. The topological polar surface area (TPSA) is 124 Å². The molecule has 4 N–H and O–H groups in total. The molecule has 0 aromatic carbocycles. The van der Waals surface area contributed by atoms with E-state index in [0.29, 0.717) is 12.0 Å². The number of carbonyl (C=O) groups is 3. The van der Waals surface area contributed by atoms with Crippen molar-refractivity contribution in [3.63, 3.8) is 0 Å². The van der Waals surface area contributed by atoms with Gasteiger partial charge in [0.15, 0.2) is 0 Å². The number of allylic oxidation sites excluding steroid dienone is 1. The normalized spacial score (nSPS) is 26.0. The standard InChI is InChI=1S/C15H21NO6/c1-3-4-5-9(14(19)20)8(2)11-7-16-13(15(21)22)10(11)6-12(17)18/h4-5,10-11,13,16H,3,6-7H2,1-2H3,(H,17,18)(H,19,20)(H,21,22)/t10-,11-,13-/m1/s1. The predicted octanol–water partition coefficient (Wildman–Crippen LogP) is 1.12. The lowest BCUT2D eigenvalue weighted by atomic mass is 9.81. The summed E-state index contributed by atoms with van der Waals surface area (Å²) in [5, 5.41) is 30.3. The molecule has 0 radical (unpaired) electrons. The SMILES string of the molecule is CCC=CC(C(=O)O)=C(C)[C@H]1CN[C@@H](C(=O)O)[C@@H]1CC(=O)O. The van der Waals surface area contributed by atoms with Gasteiger partial charge in [0.1, 0.15) is 6.04 Å². The number of carboxylic acids is 3. The molecule has 0 amide bonds. The number of rotatable bonds is 7. The lowest BCUT2D eigenvalue weighted by Gasteiger charge is -2.21. The summed E-state index contributed by atoms with van der Waals surface area (Å²) in [7, 11) is 0. The van der Waals surface area contributed by atoms with Crippen molar-refractivity contribution in [2.24, 2.45) is 11.8 Å². The molecule has 0 aliphatic carbocycles. The Morgan fingerprint density at radius 3 is 2.32 bits per heavy atom. The summed E-state index contributed by atoms with van der Waals surface area (Å²) in [6.45, 7) is 3.74. The highest BCUT2D eigenvalue weighted by atomic mass is 16.4.